The Hall–Kier alpha value is -0.940. The molecule has 2 heterocycles. The van der Waals surface area contributed by atoms with Crippen molar-refractivity contribution in [3.63, 3.8) is 0 Å². The normalized spacial score (nSPS) is 19.6. The average molecular weight is 326 g/mol. The first kappa shape index (κ1) is 14.5. The molecule has 0 N–H and O–H groups in total. The largest absolute Gasteiger partial charge is 0.339 e. The molecule has 19 heavy (non-hydrogen) atoms. The summed E-state index contributed by atoms with van der Waals surface area (Å²) in [6.07, 6.45) is 4.07. The van der Waals surface area contributed by atoms with Gasteiger partial charge >= 0.3 is 0 Å². The van der Waals surface area contributed by atoms with Crippen molar-refractivity contribution in [1.82, 2.24) is 14.8 Å². The van der Waals surface area contributed by atoms with E-state index in [0.717, 1.165) is 24.1 Å². The van der Waals surface area contributed by atoms with Crippen LogP contribution >= 0.6 is 15.9 Å². The number of pyridine rings is 1. The van der Waals surface area contributed by atoms with Crippen LogP contribution in [0, 0.1) is 0 Å². The Balaban J connectivity index is 1.97. The number of likely N-dealkylation sites (tertiary alicyclic amines) is 1. The average Bonchev–Trinajstić information content (AvgIpc) is 2.86. The predicted octanol–water partition coefficient (Wildman–Crippen LogP) is 2.40. The lowest BCUT2D eigenvalue weighted by molar-refractivity contribution is 0.0749. The Labute approximate surface area is 122 Å². The second-order valence-corrected chi connectivity index (χ2v) is 5.89. The number of hydrogen-bond acceptors (Lipinski definition) is 3. The van der Waals surface area contributed by atoms with Gasteiger partial charge < -0.3 is 4.90 Å². The highest BCUT2D eigenvalue weighted by Gasteiger charge is 2.26. The molecule has 0 spiro atoms. The molecule has 1 aliphatic rings. The van der Waals surface area contributed by atoms with Gasteiger partial charge in [-0.25, -0.2) is 4.98 Å². The molecule has 104 valence electrons. The molecule has 1 atom stereocenters. The molecule has 1 amide bonds. The van der Waals surface area contributed by atoms with E-state index in [-0.39, 0.29) is 5.91 Å². The topological polar surface area (TPSA) is 36.4 Å². The summed E-state index contributed by atoms with van der Waals surface area (Å²) in [6, 6.07) is 4.10. The summed E-state index contributed by atoms with van der Waals surface area (Å²) in [4.78, 5) is 20.7. The standard InChI is InChI=1S/C14H20BrN3O/c1-3-18-8-4-5-12(18)10-17(2)14(19)13-7-6-11(15)9-16-13/h6-7,9,12H,3-5,8,10H2,1-2H3. The fourth-order valence-corrected chi connectivity index (χ4v) is 2.85. The van der Waals surface area contributed by atoms with Gasteiger partial charge in [0.25, 0.3) is 5.91 Å². The van der Waals surface area contributed by atoms with Gasteiger partial charge in [0.05, 0.1) is 0 Å². The van der Waals surface area contributed by atoms with Crippen LogP contribution in [-0.4, -0.2) is 53.4 Å². The van der Waals surface area contributed by atoms with E-state index in [0.29, 0.717) is 11.7 Å². The molecule has 0 aromatic carbocycles. The first-order valence-electron chi connectivity index (χ1n) is 6.73. The number of nitrogens with zero attached hydrogens (tertiary/aromatic N) is 3. The highest BCUT2D eigenvalue weighted by atomic mass is 79.9. The van der Waals surface area contributed by atoms with E-state index in [9.17, 15) is 4.79 Å². The number of likely N-dealkylation sites (N-methyl/N-ethyl adjacent to an activating group) is 2. The van der Waals surface area contributed by atoms with Gasteiger partial charge in [-0.3, -0.25) is 9.69 Å². The Kier molecular flexibility index (Phi) is 4.93. The van der Waals surface area contributed by atoms with Gasteiger partial charge in [-0.2, -0.15) is 0 Å². The molecule has 1 aromatic rings. The molecule has 1 aliphatic heterocycles. The summed E-state index contributed by atoms with van der Waals surface area (Å²) < 4.78 is 0.889. The highest BCUT2D eigenvalue weighted by Crippen LogP contribution is 2.18. The molecule has 0 aliphatic carbocycles. The van der Waals surface area contributed by atoms with Gasteiger partial charge in [0.2, 0.25) is 0 Å². The summed E-state index contributed by atoms with van der Waals surface area (Å²) in [5.41, 5.74) is 0.506. The van der Waals surface area contributed by atoms with Crippen LogP contribution in [0.2, 0.25) is 0 Å². The van der Waals surface area contributed by atoms with Crippen LogP contribution in [-0.2, 0) is 0 Å². The third kappa shape index (κ3) is 3.54. The quantitative estimate of drug-likeness (QED) is 0.852. The maximum atomic E-state index is 12.3. The minimum atomic E-state index is -0.00421. The van der Waals surface area contributed by atoms with Crippen molar-refractivity contribution in [2.45, 2.75) is 25.8 Å². The molecule has 2 rings (SSSR count). The van der Waals surface area contributed by atoms with Crippen molar-refractivity contribution >= 4 is 21.8 Å². The van der Waals surface area contributed by atoms with Crippen LogP contribution in [0.3, 0.4) is 0 Å². The first-order valence-corrected chi connectivity index (χ1v) is 7.52. The smallest absolute Gasteiger partial charge is 0.272 e. The molecular weight excluding hydrogens is 306 g/mol. The maximum absolute atomic E-state index is 12.3. The van der Waals surface area contributed by atoms with Gasteiger partial charge in [-0.15, -0.1) is 0 Å². The van der Waals surface area contributed by atoms with Crippen LogP contribution in [0.25, 0.3) is 0 Å². The minimum Gasteiger partial charge on any atom is -0.339 e. The van der Waals surface area contributed by atoms with Crippen molar-refractivity contribution in [2.75, 3.05) is 26.7 Å². The van der Waals surface area contributed by atoms with Crippen LogP contribution in [0.5, 0.6) is 0 Å². The maximum Gasteiger partial charge on any atom is 0.272 e. The molecule has 1 unspecified atom stereocenters. The molecule has 1 aromatic heterocycles. The molecule has 1 saturated heterocycles. The lowest BCUT2D eigenvalue weighted by Gasteiger charge is -2.27. The SMILES string of the molecule is CCN1CCCC1CN(C)C(=O)c1ccc(Br)cn1. The third-order valence-electron chi connectivity index (χ3n) is 3.68. The van der Waals surface area contributed by atoms with E-state index in [2.05, 4.69) is 32.7 Å². The van der Waals surface area contributed by atoms with Gasteiger partial charge in [-0.05, 0) is 54.0 Å². The second-order valence-electron chi connectivity index (χ2n) is 4.97. The number of hydrogen-bond donors (Lipinski definition) is 0. The Morgan fingerprint density at radius 3 is 3.00 bits per heavy atom. The fourth-order valence-electron chi connectivity index (χ4n) is 2.62. The van der Waals surface area contributed by atoms with Crippen molar-refractivity contribution in [3.05, 3.63) is 28.5 Å². The molecule has 5 heteroatoms. The van der Waals surface area contributed by atoms with Gasteiger partial charge in [-0.1, -0.05) is 6.92 Å². The summed E-state index contributed by atoms with van der Waals surface area (Å²) in [5.74, 6) is -0.00421. The Morgan fingerprint density at radius 1 is 1.58 bits per heavy atom. The Bertz CT molecular complexity index is 435. The zero-order valence-electron chi connectivity index (χ0n) is 11.5. The lowest BCUT2D eigenvalue weighted by atomic mass is 10.2. The lowest BCUT2D eigenvalue weighted by Crippen LogP contribution is -2.41. The van der Waals surface area contributed by atoms with Crippen LogP contribution < -0.4 is 0 Å². The van der Waals surface area contributed by atoms with Crippen LogP contribution in [0.1, 0.15) is 30.3 Å². The number of aromatic nitrogens is 1. The van der Waals surface area contributed by atoms with Gasteiger partial charge in [0, 0.05) is 30.3 Å². The van der Waals surface area contributed by atoms with Crippen molar-refractivity contribution in [3.8, 4) is 0 Å². The first-order chi connectivity index (χ1) is 9.11. The van der Waals surface area contributed by atoms with Crippen molar-refractivity contribution in [2.24, 2.45) is 0 Å². The number of amides is 1. The third-order valence-corrected chi connectivity index (χ3v) is 4.15. The van der Waals surface area contributed by atoms with E-state index < -0.39 is 0 Å². The van der Waals surface area contributed by atoms with E-state index in [1.807, 2.05) is 13.1 Å². The second kappa shape index (κ2) is 6.48. The van der Waals surface area contributed by atoms with E-state index in [1.165, 1.54) is 12.8 Å². The Morgan fingerprint density at radius 2 is 2.37 bits per heavy atom. The zero-order valence-corrected chi connectivity index (χ0v) is 13.1. The molecule has 0 radical (unpaired) electrons. The monoisotopic (exact) mass is 325 g/mol. The molecule has 4 nitrogen and oxygen atoms in total. The summed E-state index contributed by atoms with van der Waals surface area (Å²) in [6.45, 7) is 5.17. The van der Waals surface area contributed by atoms with E-state index >= 15 is 0 Å². The minimum absolute atomic E-state index is 0.00421. The number of carbonyl (C=O) groups excluding carboxylic acids is 1. The number of carbonyl (C=O) groups is 1. The van der Waals surface area contributed by atoms with Crippen LogP contribution in [0.15, 0.2) is 22.8 Å². The van der Waals surface area contributed by atoms with Crippen molar-refractivity contribution in [1.29, 1.82) is 0 Å². The summed E-state index contributed by atoms with van der Waals surface area (Å²) in [5, 5.41) is 0. The number of rotatable bonds is 4. The summed E-state index contributed by atoms with van der Waals surface area (Å²) >= 11 is 3.33. The van der Waals surface area contributed by atoms with Crippen LogP contribution in [0.4, 0.5) is 0 Å². The number of halogens is 1. The predicted molar refractivity (Wildman–Crippen MR) is 79.2 cm³/mol. The zero-order chi connectivity index (χ0) is 13.8. The van der Waals surface area contributed by atoms with Gasteiger partial charge in [0.1, 0.15) is 5.69 Å². The van der Waals surface area contributed by atoms with Crippen molar-refractivity contribution < 1.29 is 4.79 Å². The summed E-state index contributed by atoms with van der Waals surface area (Å²) in [7, 11) is 1.86. The fraction of sp³-hybridized carbons (Fsp3) is 0.571. The molecular formula is C14H20BrN3O. The van der Waals surface area contributed by atoms with Gasteiger partial charge in [0.15, 0.2) is 0 Å². The highest BCUT2D eigenvalue weighted by molar-refractivity contribution is 9.10. The molecule has 1 fully saturated rings. The molecule has 0 bridgehead atoms. The van der Waals surface area contributed by atoms with E-state index in [4.69, 9.17) is 0 Å². The van der Waals surface area contributed by atoms with E-state index in [1.54, 1.807) is 17.2 Å². The molecule has 0 saturated carbocycles.